The van der Waals surface area contributed by atoms with Crippen molar-refractivity contribution in [2.24, 2.45) is 0 Å². The fourth-order valence-electron chi connectivity index (χ4n) is 7.13. The Bertz CT molecular complexity index is 1260. The molecule has 0 fully saturated rings. The van der Waals surface area contributed by atoms with E-state index in [0.29, 0.717) is 0 Å². The molecule has 2 aromatic carbocycles. The molecule has 0 radical (unpaired) electrons. The number of allylic oxidation sites excluding steroid dienone is 8. The molecule has 3 aliphatic carbocycles. The van der Waals surface area contributed by atoms with Gasteiger partial charge in [-0.3, -0.25) is 0 Å². The maximum atomic E-state index is 2.58. The van der Waals surface area contributed by atoms with Gasteiger partial charge in [-0.05, 0) is 59.1 Å². The smallest absolute Gasteiger partial charge is 0.0652 e. The van der Waals surface area contributed by atoms with Crippen molar-refractivity contribution in [2.75, 3.05) is 37.0 Å². The highest BCUT2D eigenvalue weighted by Crippen LogP contribution is 2.58. The summed E-state index contributed by atoms with van der Waals surface area (Å²) >= 11 is 0. The number of hydrogen-bond acceptors (Lipinski definition) is 2. The zero-order chi connectivity index (χ0) is 26.2. The molecule has 37 heavy (non-hydrogen) atoms. The molecule has 0 unspecified atom stereocenters. The lowest BCUT2D eigenvalue weighted by Gasteiger charge is -2.42. The second kappa shape index (κ2) is 10.0. The first-order valence-electron chi connectivity index (χ1n) is 14.4. The minimum atomic E-state index is -0.118. The molecular weight excluding hydrogens is 448 g/mol. The first-order valence-corrected chi connectivity index (χ1v) is 14.4. The van der Waals surface area contributed by atoms with Crippen LogP contribution in [0.5, 0.6) is 0 Å². The van der Waals surface area contributed by atoms with Crippen LogP contribution in [0.3, 0.4) is 0 Å². The third-order valence-electron chi connectivity index (χ3n) is 8.98. The normalized spacial score (nSPS) is 17.5. The molecule has 5 rings (SSSR count). The summed E-state index contributed by atoms with van der Waals surface area (Å²) in [6, 6.07) is 9.17. The van der Waals surface area contributed by atoms with Gasteiger partial charge >= 0.3 is 0 Å². The van der Waals surface area contributed by atoms with Gasteiger partial charge in [0, 0.05) is 44.4 Å². The summed E-state index contributed by atoms with van der Waals surface area (Å²) in [5.74, 6) is 0. The summed E-state index contributed by atoms with van der Waals surface area (Å²) in [5.41, 5.74) is 11.6. The maximum Gasteiger partial charge on any atom is 0.0652 e. The Hall–Kier alpha value is -3.00. The van der Waals surface area contributed by atoms with E-state index in [9.17, 15) is 0 Å². The Morgan fingerprint density at radius 3 is 1.73 bits per heavy atom. The molecule has 0 bridgehead atoms. The first kappa shape index (κ1) is 25.6. The van der Waals surface area contributed by atoms with Crippen LogP contribution in [0.1, 0.15) is 75.6 Å². The van der Waals surface area contributed by atoms with Gasteiger partial charge < -0.3 is 9.80 Å². The molecule has 0 saturated heterocycles. The first-order chi connectivity index (χ1) is 18.0. The SMILES string of the molecule is CCCN(C)c1c2c(c(C3(CC)C=CC=C3)c(C3(CC)C=CC=C3)c1N(C)CCC)-c1ccccc1C2. The monoisotopic (exact) mass is 492 g/mol. The van der Waals surface area contributed by atoms with Crippen molar-refractivity contribution in [3.8, 4) is 11.1 Å². The van der Waals surface area contributed by atoms with Crippen molar-refractivity contribution in [1.29, 1.82) is 0 Å². The lowest BCUT2D eigenvalue weighted by Crippen LogP contribution is -2.35. The van der Waals surface area contributed by atoms with E-state index in [2.05, 4.69) is 124 Å². The van der Waals surface area contributed by atoms with E-state index in [1.165, 1.54) is 44.8 Å². The molecular formula is C35H44N2. The standard InChI is InChI=1S/C35H44N2/c1-7-23-36(5)32-28-25-26-17-11-12-18-27(26)29(28)30(34(9-3)19-13-14-20-34)31(33(32)37(6)24-8-2)35(10-4)21-15-16-22-35/h11-22H,7-10,23-25H2,1-6H3. The van der Waals surface area contributed by atoms with Crippen LogP contribution in [-0.2, 0) is 17.3 Å². The second-order valence-electron chi connectivity index (χ2n) is 11.2. The van der Waals surface area contributed by atoms with Gasteiger partial charge in [0.1, 0.15) is 0 Å². The molecule has 0 aromatic heterocycles. The predicted octanol–water partition coefficient (Wildman–Crippen LogP) is 8.50. The lowest BCUT2D eigenvalue weighted by atomic mass is 9.65. The maximum absolute atomic E-state index is 2.58. The van der Waals surface area contributed by atoms with E-state index in [-0.39, 0.29) is 10.8 Å². The van der Waals surface area contributed by atoms with Gasteiger partial charge in [-0.1, -0.05) is 101 Å². The molecule has 0 spiro atoms. The van der Waals surface area contributed by atoms with Crippen LogP contribution in [0.25, 0.3) is 11.1 Å². The molecule has 2 nitrogen and oxygen atoms in total. The summed E-state index contributed by atoms with van der Waals surface area (Å²) in [6.07, 6.45) is 24.3. The second-order valence-corrected chi connectivity index (χ2v) is 11.2. The molecule has 3 aliphatic rings. The van der Waals surface area contributed by atoms with Crippen molar-refractivity contribution < 1.29 is 0 Å². The fourth-order valence-corrected chi connectivity index (χ4v) is 7.13. The van der Waals surface area contributed by atoms with Crippen molar-refractivity contribution in [2.45, 2.75) is 70.6 Å². The molecule has 2 heteroatoms. The molecule has 0 amide bonds. The van der Waals surface area contributed by atoms with Gasteiger partial charge in [0.15, 0.2) is 0 Å². The van der Waals surface area contributed by atoms with Gasteiger partial charge in [0.25, 0.3) is 0 Å². The quantitative estimate of drug-likeness (QED) is 0.280. The topological polar surface area (TPSA) is 6.48 Å². The van der Waals surface area contributed by atoms with Crippen molar-refractivity contribution in [1.82, 2.24) is 0 Å². The minimum Gasteiger partial charge on any atom is -0.373 e. The van der Waals surface area contributed by atoms with Crippen LogP contribution < -0.4 is 9.80 Å². The molecule has 2 aromatic rings. The Morgan fingerprint density at radius 2 is 1.19 bits per heavy atom. The van der Waals surface area contributed by atoms with Crippen LogP contribution in [0.2, 0.25) is 0 Å². The summed E-state index contributed by atoms with van der Waals surface area (Å²) in [7, 11) is 4.65. The highest BCUT2D eigenvalue weighted by Gasteiger charge is 2.45. The Labute approximate surface area is 225 Å². The van der Waals surface area contributed by atoms with Gasteiger partial charge in [-0.15, -0.1) is 0 Å². The van der Waals surface area contributed by atoms with E-state index in [4.69, 9.17) is 0 Å². The van der Waals surface area contributed by atoms with E-state index in [1.54, 1.807) is 0 Å². The van der Waals surface area contributed by atoms with Crippen LogP contribution in [0.4, 0.5) is 11.4 Å². The Balaban J connectivity index is 2.02. The van der Waals surface area contributed by atoms with Gasteiger partial charge in [0.2, 0.25) is 0 Å². The number of benzene rings is 2. The van der Waals surface area contributed by atoms with E-state index in [0.717, 1.165) is 45.2 Å². The number of anilines is 2. The number of nitrogens with zero attached hydrogens (tertiary/aromatic N) is 2. The molecule has 0 heterocycles. The van der Waals surface area contributed by atoms with Gasteiger partial charge in [-0.2, -0.15) is 0 Å². The van der Waals surface area contributed by atoms with E-state index >= 15 is 0 Å². The highest BCUT2D eigenvalue weighted by molar-refractivity contribution is 5.96. The summed E-state index contributed by atoms with van der Waals surface area (Å²) in [5, 5.41) is 0. The van der Waals surface area contributed by atoms with Crippen LogP contribution in [-0.4, -0.2) is 27.2 Å². The van der Waals surface area contributed by atoms with E-state index < -0.39 is 0 Å². The van der Waals surface area contributed by atoms with Gasteiger partial charge in [0.05, 0.1) is 11.4 Å². The lowest BCUT2D eigenvalue weighted by molar-refractivity contribution is 0.592. The largest absolute Gasteiger partial charge is 0.373 e. The Morgan fingerprint density at radius 1 is 0.676 bits per heavy atom. The third kappa shape index (κ3) is 3.92. The van der Waals surface area contributed by atoms with Crippen molar-refractivity contribution in [3.63, 3.8) is 0 Å². The molecule has 0 atom stereocenters. The Kier molecular flexibility index (Phi) is 6.96. The third-order valence-corrected chi connectivity index (χ3v) is 8.98. The predicted molar refractivity (Wildman–Crippen MR) is 162 cm³/mol. The van der Waals surface area contributed by atoms with Crippen LogP contribution in [0, 0.1) is 0 Å². The van der Waals surface area contributed by atoms with Crippen molar-refractivity contribution >= 4 is 11.4 Å². The van der Waals surface area contributed by atoms with E-state index in [1.807, 2.05) is 0 Å². The van der Waals surface area contributed by atoms with Gasteiger partial charge in [-0.25, -0.2) is 0 Å². The number of fused-ring (bicyclic) bond motifs is 3. The zero-order valence-electron chi connectivity index (χ0n) is 23.8. The summed E-state index contributed by atoms with van der Waals surface area (Å²) in [4.78, 5) is 5.14. The average Bonchev–Trinajstić information content (AvgIpc) is 3.66. The summed E-state index contributed by atoms with van der Waals surface area (Å²) in [6.45, 7) is 11.4. The van der Waals surface area contributed by atoms with Crippen LogP contribution >= 0.6 is 0 Å². The van der Waals surface area contributed by atoms with Crippen LogP contribution in [0.15, 0.2) is 72.9 Å². The molecule has 0 saturated carbocycles. The molecule has 0 N–H and O–H groups in total. The number of hydrogen-bond donors (Lipinski definition) is 0. The minimum absolute atomic E-state index is 0.104. The zero-order valence-corrected chi connectivity index (χ0v) is 23.8. The number of rotatable bonds is 10. The van der Waals surface area contributed by atoms with Crippen molar-refractivity contribution in [3.05, 3.63) is 95.1 Å². The molecule has 194 valence electrons. The average molecular weight is 493 g/mol. The highest BCUT2D eigenvalue weighted by atomic mass is 15.2. The summed E-state index contributed by atoms with van der Waals surface area (Å²) < 4.78 is 0. The fraction of sp³-hybridized carbons (Fsp3) is 0.429. The molecule has 0 aliphatic heterocycles.